The number of aromatic amines is 1. The van der Waals surface area contributed by atoms with Crippen LogP contribution in [-0.2, 0) is 15.0 Å². The van der Waals surface area contributed by atoms with E-state index in [2.05, 4.69) is 61.0 Å². The summed E-state index contributed by atoms with van der Waals surface area (Å²) in [4.78, 5) is 28.9. The molecule has 2 fully saturated rings. The van der Waals surface area contributed by atoms with Gasteiger partial charge in [0.05, 0.1) is 23.7 Å². The first-order chi connectivity index (χ1) is 21.1. The van der Waals surface area contributed by atoms with Gasteiger partial charge in [0.1, 0.15) is 11.6 Å². The summed E-state index contributed by atoms with van der Waals surface area (Å²) in [6.45, 7) is 3.95. The van der Waals surface area contributed by atoms with E-state index in [0.717, 1.165) is 83.1 Å². The number of carboxylic acid groups (broad SMARTS) is 1. The normalized spacial score (nSPS) is 20.8. The van der Waals surface area contributed by atoms with Gasteiger partial charge in [0.2, 0.25) is 5.91 Å². The van der Waals surface area contributed by atoms with Gasteiger partial charge in [0, 0.05) is 49.4 Å². The molecule has 13 heteroatoms. The highest BCUT2D eigenvalue weighted by Crippen LogP contribution is 2.65. The van der Waals surface area contributed by atoms with Gasteiger partial charge in [-0.05, 0) is 65.6 Å². The van der Waals surface area contributed by atoms with Gasteiger partial charge in [-0.1, -0.05) is 18.2 Å². The van der Waals surface area contributed by atoms with Crippen molar-refractivity contribution in [1.82, 2.24) is 20.5 Å². The van der Waals surface area contributed by atoms with Crippen LogP contribution in [0.3, 0.4) is 0 Å². The molecule has 1 aliphatic carbocycles. The molecule has 1 unspecified atom stereocenters. The highest BCUT2D eigenvalue weighted by molar-refractivity contribution is 6.10. The third-order valence-corrected chi connectivity index (χ3v) is 8.23. The fourth-order valence-electron chi connectivity index (χ4n) is 5.85. The van der Waals surface area contributed by atoms with Gasteiger partial charge in [0.15, 0.2) is 0 Å². The number of rotatable bonds is 5. The lowest BCUT2D eigenvalue weighted by atomic mass is 9.91. The summed E-state index contributed by atoms with van der Waals surface area (Å²) in [5.74, 6) is -0.758. The quantitative estimate of drug-likeness (QED) is 0.260. The second kappa shape index (κ2) is 11.3. The summed E-state index contributed by atoms with van der Waals surface area (Å²) in [6, 6.07) is 16.4. The number of halogens is 3. The number of benzene rings is 2. The monoisotopic (exact) mass is 606 g/mol. The van der Waals surface area contributed by atoms with Gasteiger partial charge >= 0.3 is 12.1 Å². The second-order valence-electron chi connectivity index (χ2n) is 10.8. The number of ether oxygens (including phenoxy) is 1. The van der Waals surface area contributed by atoms with Crippen LogP contribution < -0.4 is 20.3 Å². The Bertz CT molecular complexity index is 1750. The van der Waals surface area contributed by atoms with Crippen LogP contribution in [0.15, 0.2) is 54.7 Å². The molecule has 3 aliphatic rings. The average Bonchev–Trinajstić information content (AvgIpc) is 3.57. The molecule has 228 valence electrons. The molecular formula is C31H29F3N6O4. The Morgan fingerprint density at radius 1 is 1.11 bits per heavy atom. The van der Waals surface area contributed by atoms with Gasteiger partial charge in [-0.2, -0.15) is 18.3 Å². The zero-order chi connectivity index (χ0) is 31.1. The number of H-pyrrole nitrogens is 1. The molecule has 2 aromatic carbocycles. The molecule has 2 atom stereocenters. The van der Waals surface area contributed by atoms with E-state index < -0.39 is 17.6 Å². The maximum atomic E-state index is 13.0. The van der Waals surface area contributed by atoms with Crippen LogP contribution in [-0.4, -0.2) is 71.6 Å². The number of nitrogens with zero attached hydrogens (tertiary/aromatic N) is 3. The molecule has 1 saturated carbocycles. The zero-order valence-corrected chi connectivity index (χ0v) is 23.6. The SMILES string of the molecule is COc1ccc2c(c1)C1(C[C@H]1c1ccc3c(/C=C/c4ccc(N5CCNCC5)nc4)n[nH]c3c1)C(=O)N2.O=C(O)C(F)(F)F. The lowest BCUT2D eigenvalue weighted by molar-refractivity contribution is -0.192. The van der Waals surface area contributed by atoms with Crippen molar-refractivity contribution in [2.75, 3.05) is 43.5 Å². The van der Waals surface area contributed by atoms with Crippen LogP contribution >= 0.6 is 0 Å². The van der Waals surface area contributed by atoms with E-state index in [-0.39, 0.29) is 11.8 Å². The van der Waals surface area contributed by atoms with Crippen molar-refractivity contribution in [3.63, 3.8) is 0 Å². The summed E-state index contributed by atoms with van der Waals surface area (Å²) >= 11 is 0. The number of piperazine rings is 1. The average molecular weight is 607 g/mol. The van der Waals surface area contributed by atoms with Crippen molar-refractivity contribution in [2.45, 2.75) is 23.9 Å². The number of hydrogen-bond acceptors (Lipinski definition) is 7. The third-order valence-electron chi connectivity index (χ3n) is 8.23. The number of amides is 1. The number of aromatic nitrogens is 3. The van der Waals surface area contributed by atoms with Crippen LogP contribution in [0.4, 0.5) is 24.7 Å². The van der Waals surface area contributed by atoms with Gasteiger partial charge in [0.25, 0.3) is 0 Å². The topological polar surface area (TPSA) is 132 Å². The molecule has 4 heterocycles. The Labute approximate surface area is 249 Å². The van der Waals surface area contributed by atoms with Crippen molar-refractivity contribution < 1.29 is 32.6 Å². The van der Waals surface area contributed by atoms with Crippen LogP contribution in [0, 0.1) is 0 Å². The summed E-state index contributed by atoms with van der Waals surface area (Å²) in [5.41, 5.74) is 5.44. The zero-order valence-electron chi connectivity index (χ0n) is 23.6. The van der Waals surface area contributed by atoms with Crippen molar-refractivity contribution in [3.05, 3.63) is 77.1 Å². The Morgan fingerprint density at radius 2 is 1.89 bits per heavy atom. The first-order valence-electron chi connectivity index (χ1n) is 14.0. The van der Waals surface area contributed by atoms with Gasteiger partial charge in [-0.15, -0.1) is 0 Å². The van der Waals surface area contributed by atoms with E-state index in [1.54, 1.807) is 7.11 Å². The molecule has 0 bridgehead atoms. The molecule has 0 radical (unpaired) electrons. The molecule has 1 saturated heterocycles. The molecule has 4 aromatic rings. The molecule has 2 aromatic heterocycles. The standard InChI is InChI=1S/C29H28N6O2.C2HF3O2/c1-37-20-5-8-25-22(15-20)29(28(36)32-25)16-23(29)19-4-6-21-24(33-34-26(21)14-19)7-2-18-3-9-27(31-17-18)35-12-10-30-11-13-35;3-2(4,5)1(6)7/h2-9,14-15,17,23,30H,10-13,16H2,1H3,(H,32,36)(H,33,34);(H,6,7)/b7-2+;/t23-,29?;/m0./s1. The maximum absolute atomic E-state index is 13.0. The minimum atomic E-state index is -5.08. The minimum absolute atomic E-state index is 0.0747. The van der Waals surface area contributed by atoms with Crippen LogP contribution in [0.2, 0.25) is 0 Å². The molecule has 1 spiro atoms. The molecule has 2 aliphatic heterocycles. The lowest BCUT2D eigenvalue weighted by Crippen LogP contribution is -2.43. The Kier molecular flexibility index (Phi) is 7.49. The Hall–Kier alpha value is -4.91. The van der Waals surface area contributed by atoms with E-state index in [1.165, 1.54) is 0 Å². The smallest absolute Gasteiger partial charge is 0.490 e. The maximum Gasteiger partial charge on any atom is 0.490 e. The molecule has 1 amide bonds. The summed E-state index contributed by atoms with van der Waals surface area (Å²) in [6.07, 6.45) is 1.68. The number of carbonyl (C=O) groups excluding carboxylic acids is 1. The Balaban J connectivity index is 0.000000441. The van der Waals surface area contributed by atoms with Gasteiger partial charge < -0.3 is 25.4 Å². The minimum Gasteiger partial charge on any atom is -0.497 e. The number of methoxy groups -OCH3 is 1. The van der Waals surface area contributed by atoms with Crippen LogP contribution in [0.1, 0.15) is 34.7 Å². The number of nitrogens with one attached hydrogen (secondary N) is 3. The Morgan fingerprint density at radius 3 is 2.57 bits per heavy atom. The van der Waals surface area contributed by atoms with Crippen molar-refractivity contribution >= 4 is 46.4 Å². The van der Waals surface area contributed by atoms with Gasteiger partial charge in [-0.3, -0.25) is 9.89 Å². The first kappa shape index (κ1) is 29.2. The largest absolute Gasteiger partial charge is 0.497 e. The molecule has 44 heavy (non-hydrogen) atoms. The third kappa shape index (κ3) is 5.46. The summed E-state index contributed by atoms with van der Waals surface area (Å²) in [7, 11) is 1.65. The summed E-state index contributed by atoms with van der Waals surface area (Å²) < 4.78 is 37.2. The van der Waals surface area contributed by atoms with E-state index in [0.29, 0.717) is 0 Å². The fourth-order valence-corrected chi connectivity index (χ4v) is 5.85. The number of alkyl halides is 3. The number of carbonyl (C=O) groups is 2. The lowest BCUT2D eigenvalue weighted by Gasteiger charge is -2.28. The molecular weight excluding hydrogens is 577 g/mol. The number of hydrogen-bond donors (Lipinski definition) is 4. The number of carboxylic acids is 1. The van der Waals surface area contributed by atoms with Crippen molar-refractivity contribution in [2.24, 2.45) is 0 Å². The number of fused-ring (bicyclic) bond motifs is 3. The van der Waals surface area contributed by atoms with Crippen LogP contribution in [0.25, 0.3) is 23.1 Å². The number of anilines is 2. The van der Waals surface area contributed by atoms with Crippen molar-refractivity contribution in [1.29, 1.82) is 0 Å². The van der Waals surface area contributed by atoms with Crippen LogP contribution in [0.5, 0.6) is 5.75 Å². The van der Waals surface area contributed by atoms with E-state index in [4.69, 9.17) is 14.6 Å². The molecule has 7 rings (SSSR count). The van der Waals surface area contributed by atoms with Gasteiger partial charge in [-0.25, -0.2) is 9.78 Å². The highest BCUT2D eigenvalue weighted by atomic mass is 19.4. The van der Waals surface area contributed by atoms with E-state index in [9.17, 15) is 18.0 Å². The second-order valence-corrected chi connectivity index (χ2v) is 10.8. The first-order valence-corrected chi connectivity index (χ1v) is 14.0. The number of pyridine rings is 1. The number of aliphatic carboxylic acids is 1. The molecule has 10 nitrogen and oxygen atoms in total. The fraction of sp³-hybridized carbons (Fsp3) is 0.290. The van der Waals surface area contributed by atoms with E-state index in [1.807, 2.05) is 36.5 Å². The van der Waals surface area contributed by atoms with Crippen molar-refractivity contribution in [3.8, 4) is 5.75 Å². The highest BCUT2D eigenvalue weighted by Gasteiger charge is 2.65. The predicted octanol–water partition coefficient (Wildman–Crippen LogP) is 4.56. The van der Waals surface area contributed by atoms with E-state index >= 15 is 0 Å². The molecule has 4 N–H and O–H groups in total. The summed E-state index contributed by atoms with van der Waals surface area (Å²) in [5, 5.41) is 22.3. The predicted molar refractivity (Wildman–Crippen MR) is 159 cm³/mol.